The van der Waals surface area contributed by atoms with E-state index in [0.717, 1.165) is 5.76 Å². The molecule has 0 unspecified atom stereocenters. The lowest BCUT2D eigenvalue weighted by atomic mass is 10.2. The number of hydrogen-bond donors (Lipinski definition) is 3. The molecule has 0 saturated heterocycles. The third-order valence-corrected chi connectivity index (χ3v) is 2.03. The molecule has 0 aliphatic heterocycles. The first-order valence-corrected chi connectivity index (χ1v) is 5.01. The average molecular weight is 226 g/mol. The Bertz CT molecular complexity index is 348. The maximum atomic E-state index is 11.2. The molecule has 1 rings (SSSR count). The Morgan fingerprint density at radius 2 is 2.25 bits per heavy atom. The number of furan rings is 1. The van der Waals surface area contributed by atoms with Crippen molar-refractivity contribution in [3.8, 4) is 0 Å². The molecule has 6 heteroatoms. The number of nitrogens with one attached hydrogen (secondary N) is 2. The molecule has 1 aromatic rings. The number of nitrogens with two attached hydrogens (primary N) is 1. The van der Waals surface area contributed by atoms with Gasteiger partial charge in [0.05, 0.1) is 6.26 Å². The van der Waals surface area contributed by atoms with Crippen molar-refractivity contribution in [2.75, 3.05) is 6.54 Å². The quantitative estimate of drug-likeness (QED) is 0.580. The van der Waals surface area contributed by atoms with Crippen LogP contribution in [0.3, 0.4) is 0 Å². The highest BCUT2D eigenvalue weighted by atomic mass is 16.3. The summed E-state index contributed by atoms with van der Waals surface area (Å²) < 4.78 is 5.19. The Morgan fingerprint density at radius 3 is 2.81 bits per heavy atom. The van der Waals surface area contributed by atoms with E-state index in [1.54, 1.807) is 12.3 Å². The fourth-order valence-electron chi connectivity index (χ4n) is 1.16. The molecule has 0 aliphatic rings. The summed E-state index contributed by atoms with van der Waals surface area (Å²) in [5, 5.41) is 1.82. The van der Waals surface area contributed by atoms with Crippen molar-refractivity contribution in [1.82, 2.24) is 10.9 Å². The van der Waals surface area contributed by atoms with Gasteiger partial charge in [-0.15, -0.1) is 0 Å². The topological polar surface area (TPSA) is 88.0 Å². The Labute approximate surface area is 93.4 Å². The molecule has 0 fully saturated rings. The van der Waals surface area contributed by atoms with Crippen LogP contribution < -0.4 is 16.2 Å². The maximum Gasteiger partial charge on any atom is 0.293 e. The number of quaternary nitrogens is 1. The SMILES string of the molecule is CC(=O)NNC(=O)C[NH2+][C@H](C)c1ccco1. The van der Waals surface area contributed by atoms with Gasteiger partial charge in [-0.25, -0.2) is 0 Å². The molecule has 0 spiro atoms. The predicted molar refractivity (Wildman–Crippen MR) is 55.9 cm³/mol. The van der Waals surface area contributed by atoms with E-state index in [-0.39, 0.29) is 24.4 Å². The fraction of sp³-hybridized carbons (Fsp3) is 0.400. The van der Waals surface area contributed by atoms with Crippen LogP contribution in [0.1, 0.15) is 25.6 Å². The summed E-state index contributed by atoms with van der Waals surface area (Å²) >= 11 is 0. The van der Waals surface area contributed by atoms with Crippen LogP contribution in [0.4, 0.5) is 0 Å². The number of carbonyl (C=O) groups is 2. The number of amides is 2. The first-order chi connectivity index (χ1) is 7.59. The second-order valence-corrected chi connectivity index (χ2v) is 3.47. The van der Waals surface area contributed by atoms with Crippen LogP contribution in [-0.4, -0.2) is 18.4 Å². The summed E-state index contributed by atoms with van der Waals surface area (Å²) in [6.45, 7) is 3.49. The second-order valence-electron chi connectivity index (χ2n) is 3.47. The van der Waals surface area contributed by atoms with Crippen molar-refractivity contribution in [2.24, 2.45) is 0 Å². The number of hydrogen-bond acceptors (Lipinski definition) is 3. The van der Waals surface area contributed by atoms with E-state index < -0.39 is 0 Å². The minimum Gasteiger partial charge on any atom is -0.463 e. The molecule has 1 atom stereocenters. The zero-order valence-corrected chi connectivity index (χ0v) is 9.32. The van der Waals surface area contributed by atoms with Crippen molar-refractivity contribution in [2.45, 2.75) is 19.9 Å². The Kier molecular flexibility index (Phi) is 4.53. The molecular weight excluding hydrogens is 210 g/mol. The Balaban J connectivity index is 2.24. The normalized spacial score (nSPS) is 11.9. The van der Waals surface area contributed by atoms with Gasteiger partial charge < -0.3 is 9.73 Å². The van der Waals surface area contributed by atoms with Crippen LogP contribution in [-0.2, 0) is 9.59 Å². The summed E-state index contributed by atoms with van der Waals surface area (Å²) in [7, 11) is 0. The van der Waals surface area contributed by atoms with Crippen molar-refractivity contribution < 1.29 is 19.3 Å². The van der Waals surface area contributed by atoms with Gasteiger partial charge in [-0.2, -0.15) is 0 Å². The van der Waals surface area contributed by atoms with Crippen LogP contribution in [0.2, 0.25) is 0 Å². The first kappa shape index (κ1) is 12.3. The Morgan fingerprint density at radius 1 is 1.50 bits per heavy atom. The van der Waals surface area contributed by atoms with Gasteiger partial charge in [0.15, 0.2) is 12.3 Å². The highest BCUT2D eigenvalue weighted by molar-refractivity contribution is 5.81. The van der Waals surface area contributed by atoms with Crippen LogP contribution in [0.25, 0.3) is 0 Å². The molecule has 0 saturated carbocycles. The highest BCUT2D eigenvalue weighted by Gasteiger charge is 2.13. The van der Waals surface area contributed by atoms with E-state index in [9.17, 15) is 9.59 Å². The van der Waals surface area contributed by atoms with Gasteiger partial charge in [-0.3, -0.25) is 20.4 Å². The molecule has 0 aromatic carbocycles. The fourth-order valence-corrected chi connectivity index (χ4v) is 1.16. The maximum absolute atomic E-state index is 11.2. The number of rotatable bonds is 4. The molecule has 0 aliphatic carbocycles. The predicted octanol–water partition coefficient (Wildman–Crippen LogP) is -0.929. The molecular formula is C10H16N3O3+. The van der Waals surface area contributed by atoms with Crippen molar-refractivity contribution in [1.29, 1.82) is 0 Å². The van der Waals surface area contributed by atoms with E-state index in [1.807, 2.05) is 18.3 Å². The van der Waals surface area contributed by atoms with Gasteiger partial charge in [0.1, 0.15) is 6.04 Å². The van der Waals surface area contributed by atoms with E-state index >= 15 is 0 Å². The lowest BCUT2D eigenvalue weighted by molar-refractivity contribution is -0.684. The molecule has 6 nitrogen and oxygen atoms in total. The minimum absolute atomic E-state index is 0.0677. The Hall–Kier alpha value is -1.82. The molecule has 88 valence electrons. The smallest absolute Gasteiger partial charge is 0.293 e. The summed E-state index contributed by atoms with van der Waals surface area (Å²) in [6.07, 6.45) is 1.59. The summed E-state index contributed by atoms with van der Waals surface area (Å²) in [4.78, 5) is 21.8. The monoisotopic (exact) mass is 226 g/mol. The second kappa shape index (κ2) is 5.92. The van der Waals surface area contributed by atoms with Gasteiger partial charge in [-0.05, 0) is 19.1 Å². The number of hydrazine groups is 1. The largest absolute Gasteiger partial charge is 0.463 e. The zero-order chi connectivity index (χ0) is 12.0. The summed E-state index contributed by atoms with van der Waals surface area (Å²) in [5.41, 5.74) is 4.50. The van der Waals surface area contributed by atoms with Gasteiger partial charge >= 0.3 is 0 Å². The molecule has 4 N–H and O–H groups in total. The summed E-state index contributed by atoms with van der Waals surface area (Å²) in [6, 6.07) is 3.72. The van der Waals surface area contributed by atoms with E-state index in [2.05, 4.69) is 10.9 Å². The van der Waals surface area contributed by atoms with Crippen LogP contribution >= 0.6 is 0 Å². The van der Waals surface area contributed by atoms with E-state index in [0.29, 0.717) is 0 Å². The van der Waals surface area contributed by atoms with Crippen molar-refractivity contribution >= 4 is 11.8 Å². The molecule has 1 heterocycles. The van der Waals surface area contributed by atoms with Gasteiger partial charge in [0, 0.05) is 6.92 Å². The minimum atomic E-state index is -0.299. The standard InChI is InChI=1S/C10H15N3O3/c1-7(9-4-3-5-16-9)11-6-10(15)13-12-8(2)14/h3-5,7,11H,6H2,1-2H3,(H,12,14)(H,13,15)/p+1/t7-/m1/s1. The molecule has 0 bridgehead atoms. The van der Waals surface area contributed by atoms with Crippen molar-refractivity contribution in [3.05, 3.63) is 24.2 Å². The molecule has 0 radical (unpaired) electrons. The third kappa shape index (κ3) is 4.14. The van der Waals surface area contributed by atoms with Crippen molar-refractivity contribution in [3.63, 3.8) is 0 Å². The highest BCUT2D eigenvalue weighted by Crippen LogP contribution is 2.06. The zero-order valence-electron chi connectivity index (χ0n) is 9.32. The lowest BCUT2D eigenvalue weighted by Gasteiger charge is -2.08. The van der Waals surface area contributed by atoms with E-state index in [1.165, 1.54) is 6.92 Å². The van der Waals surface area contributed by atoms with Crippen LogP contribution in [0.5, 0.6) is 0 Å². The van der Waals surface area contributed by atoms with Gasteiger partial charge in [0.2, 0.25) is 5.91 Å². The van der Waals surface area contributed by atoms with Crippen LogP contribution in [0, 0.1) is 0 Å². The lowest BCUT2D eigenvalue weighted by Crippen LogP contribution is -2.87. The molecule has 2 amide bonds. The molecule has 1 aromatic heterocycles. The average Bonchev–Trinajstić information content (AvgIpc) is 2.76. The third-order valence-electron chi connectivity index (χ3n) is 2.03. The number of carbonyl (C=O) groups excluding carboxylic acids is 2. The van der Waals surface area contributed by atoms with Gasteiger partial charge in [-0.1, -0.05) is 0 Å². The van der Waals surface area contributed by atoms with E-state index in [4.69, 9.17) is 4.42 Å². The summed E-state index contributed by atoms with van der Waals surface area (Å²) in [5.74, 6) is 0.258. The van der Waals surface area contributed by atoms with Crippen LogP contribution in [0.15, 0.2) is 22.8 Å². The van der Waals surface area contributed by atoms with Gasteiger partial charge in [0.25, 0.3) is 5.91 Å². The molecule has 16 heavy (non-hydrogen) atoms. The first-order valence-electron chi connectivity index (χ1n) is 5.01.